The summed E-state index contributed by atoms with van der Waals surface area (Å²) in [6, 6.07) is 1.08. The third-order valence-corrected chi connectivity index (χ3v) is 2.71. The molecule has 0 heterocycles. The van der Waals surface area contributed by atoms with Crippen LogP contribution in [0.2, 0.25) is 0 Å². The Morgan fingerprint density at radius 1 is 1.38 bits per heavy atom. The van der Waals surface area contributed by atoms with Crippen LogP contribution in [0.1, 0.15) is 26.7 Å². The molecule has 0 aromatic carbocycles. The lowest BCUT2D eigenvalue weighted by atomic mass is 9.85. The average molecular weight is 184 g/mol. The first-order chi connectivity index (χ1) is 6.00. The summed E-state index contributed by atoms with van der Waals surface area (Å²) in [6.45, 7) is 3.86. The third-order valence-electron chi connectivity index (χ3n) is 2.71. The van der Waals surface area contributed by atoms with Crippen LogP contribution in [0.3, 0.4) is 0 Å². The van der Waals surface area contributed by atoms with Gasteiger partial charge in [-0.3, -0.25) is 4.79 Å². The maximum Gasteiger partial charge on any atom is 0.222 e. The molecule has 0 aliphatic heterocycles. The molecular weight excluding hydrogens is 164 g/mol. The molecule has 0 aromatic heterocycles. The normalized spacial score (nSPS) is 27.5. The number of rotatable bonds is 3. The van der Waals surface area contributed by atoms with Crippen molar-refractivity contribution >= 4 is 5.91 Å². The Morgan fingerprint density at radius 3 is 2.31 bits per heavy atom. The fourth-order valence-corrected chi connectivity index (χ4v) is 1.50. The molecule has 1 rings (SSSR count). The standard InChI is InChI=1S/C10H20N2O/c1-7(2)10(13)11-8-5-9(6-8)12(3)4/h7-9H,5-6H2,1-4H3,(H,11,13). The highest BCUT2D eigenvalue weighted by Crippen LogP contribution is 2.23. The van der Waals surface area contributed by atoms with E-state index in [1.807, 2.05) is 13.8 Å². The third kappa shape index (κ3) is 2.69. The predicted octanol–water partition coefficient (Wildman–Crippen LogP) is 0.851. The second-order valence-corrected chi connectivity index (χ2v) is 4.45. The van der Waals surface area contributed by atoms with Gasteiger partial charge in [-0.2, -0.15) is 0 Å². The molecule has 1 aliphatic rings. The topological polar surface area (TPSA) is 32.3 Å². The summed E-state index contributed by atoms with van der Waals surface area (Å²) in [5.74, 6) is 0.292. The zero-order valence-electron chi connectivity index (χ0n) is 9.00. The van der Waals surface area contributed by atoms with E-state index in [1.165, 1.54) is 0 Å². The lowest BCUT2D eigenvalue weighted by molar-refractivity contribution is -0.125. The number of hydrogen-bond donors (Lipinski definition) is 1. The minimum absolute atomic E-state index is 0.110. The van der Waals surface area contributed by atoms with Gasteiger partial charge < -0.3 is 10.2 Å². The van der Waals surface area contributed by atoms with E-state index < -0.39 is 0 Å². The summed E-state index contributed by atoms with van der Waals surface area (Å²) in [4.78, 5) is 13.5. The van der Waals surface area contributed by atoms with Crippen LogP contribution in [0, 0.1) is 5.92 Å². The van der Waals surface area contributed by atoms with Gasteiger partial charge in [-0.15, -0.1) is 0 Å². The van der Waals surface area contributed by atoms with E-state index in [0.717, 1.165) is 12.8 Å². The second-order valence-electron chi connectivity index (χ2n) is 4.45. The minimum atomic E-state index is 0.110. The molecule has 1 aliphatic carbocycles. The lowest BCUT2D eigenvalue weighted by Gasteiger charge is -2.40. The van der Waals surface area contributed by atoms with E-state index in [-0.39, 0.29) is 11.8 Å². The molecule has 0 radical (unpaired) electrons. The highest BCUT2D eigenvalue weighted by Gasteiger charge is 2.31. The Kier molecular flexibility index (Phi) is 3.31. The van der Waals surface area contributed by atoms with Crippen LogP contribution in [-0.2, 0) is 4.79 Å². The summed E-state index contributed by atoms with van der Waals surface area (Å²) in [5.41, 5.74) is 0. The highest BCUT2D eigenvalue weighted by molar-refractivity contribution is 5.78. The van der Waals surface area contributed by atoms with Gasteiger partial charge in [-0.1, -0.05) is 13.8 Å². The quantitative estimate of drug-likeness (QED) is 0.705. The first-order valence-corrected chi connectivity index (χ1v) is 4.97. The molecular formula is C10H20N2O. The zero-order valence-corrected chi connectivity index (χ0v) is 9.00. The molecule has 0 bridgehead atoms. The number of nitrogens with one attached hydrogen (secondary N) is 1. The van der Waals surface area contributed by atoms with Gasteiger partial charge in [0.2, 0.25) is 5.91 Å². The molecule has 1 fully saturated rings. The van der Waals surface area contributed by atoms with Crippen molar-refractivity contribution in [3.8, 4) is 0 Å². The van der Waals surface area contributed by atoms with Crippen LogP contribution < -0.4 is 5.32 Å². The van der Waals surface area contributed by atoms with E-state index >= 15 is 0 Å². The van der Waals surface area contributed by atoms with Crippen molar-refractivity contribution in [2.45, 2.75) is 38.8 Å². The van der Waals surface area contributed by atoms with Gasteiger partial charge in [0.05, 0.1) is 0 Å². The molecule has 0 aromatic rings. The molecule has 0 saturated heterocycles. The van der Waals surface area contributed by atoms with Crippen LogP contribution in [0.15, 0.2) is 0 Å². The summed E-state index contributed by atoms with van der Waals surface area (Å²) in [5, 5.41) is 3.04. The SMILES string of the molecule is CC(C)C(=O)NC1CC(N(C)C)C1. The molecule has 0 spiro atoms. The zero-order chi connectivity index (χ0) is 10.0. The molecule has 13 heavy (non-hydrogen) atoms. The smallest absolute Gasteiger partial charge is 0.222 e. The van der Waals surface area contributed by atoms with Crippen molar-refractivity contribution in [1.82, 2.24) is 10.2 Å². The Bertz CT molecular complexity index is 183. The van der Waals surface area contributed by atoms with Gasteiger partial charge >= 0.3 is 0 Å². The van der Waals surface area contributed by atoms with Crippen molar-refractivity contribution in [3.05, 3.63) is 0 Å². The van der Waals surface area contributed by atoms with Crippen molar-refractivity contribution in [2.24, 2.45) is 5.92 Å². The summed E-state index contributed by atoms with van der Waals surface area (Å²) in [7, 11) is 4.18. The summed E-state index contributed by atoms with van der Waals surface area (Å²) >= 11 is 0. The van der Waals surface area contributed by atoms with Crippen LogP contribution in [0.25, 0.3) is 0 Å². The Morgan fingerprint density at radius 2 is 1.92 bits per heavy atom. The van der Waals surface area contributed by atoms with Gasteiger partial charge in [0.1, 0.15) is 0 Å². The number of amides is 1. The fraction of sp³-hybridized carbons (Fsp3) is 0.900. The summed E-state index contributed by atoms with van der Waals surface area (Å²) < 4.78 is 0. The van der Waals surface area contributed by atoms with Crippen molar-refractivity contribution in [1.29, 1.82) is 0 Å². The molecule has 0 unspecified atom stereocenters. The Hall–Kier alpha value is -0.570. The van der Waals surface area contributed by atoms with E-state index in [2.05, 4.69) is 24.3 Å². The van der Waals surface area contributed by atoms with Crippen LogP contribution in [-0.4, -0.2) is 37.0 Å². The van der Waals surface area contributed by atoms with Gasteiger partial charge in [-0.05, 0) is 26.9 Å². The number of carbonyl (C=O) groups excluding carboxylic acids is 1. The van der Waals surface area contributed by atoms with Gasteiger partial charge in [0.25, 0.3) is 0 Å². The van der Waals surface area contributed by atoms with E-state index in [4.69, 9.17) is 0 Å². The largest absolute Gasteiger partial charge is 0.353 e. The van der Waals surface area contributed by atoms with Crippen LogP contribution >= 0.6 is 0 Å². The molecule has 1 amide bonds. The monoisotopic (exact) mass is 184 g/mol. The fourth-order valence-electron chi connectivity index (χ4n) is 1.50. The van der Waals surface area contributed by atoms with E-state index in [9.17, 15) is 4.79 Å². The first-order valence-electron chi connectivity index (χ1n) is 4.97. The predicted molar refractivity (Wildman–Crippen MR) is 53.5 cm³/mol. The van der Waals surface area contributed by atoms with Crippen molar-refractivity contribution in [3.63, 3.8) is 0 Å². The lowest BCUT2D eigenvalue weighted by Crippen LogP contribution is -2.52. The van der Waals surface area contributed by atoms with Crippen molar-refractivity contribution in [2.75, 3.05) is 14.1 Å². The number of nitrogens with zero attached hydrogens (tertiary/aromatic N) is 1. The van der Waals surface area contributed by atoms with Gasteiger partial charge in [0, 0.05) is 18.0 Å². The van der Waals surface area contributed by atoms with E-state index in [0.29, 0.717) is 12.1 Å². The second kappa shape index (κ2) is 4.09. The Labute approximate surface area is 80.5 Å². The number of hydrogen-bond acceptors (Lipinski definition) is 2. The molecule has 76 valence electrons. The average Bonchev–Trinajstić information content (AvgIpc) is 1.94. The Balaban J connectivity index is 2.18. The first kappa shape index (κ1) is 10.5. The van der Waals surface area contributed by atoms with Crippen LogP contribution in [0.4, 0.5) is 0 Å². The molecule has 3 heteroatoms. The maximum atomic E-state index is 11.3. The minimum Gasteiger partial charge on any atom is -0.353 e. The molecule has 3 nitrogen and oxygen atoms in total. The maximum absolute atomic E-state index is 11.3. The molecule has 0 atom stereocenters. The van der Waals surface area contributed by atoms with Gasteiger partial charge in [0.15, 0.2) is 0 Å². The van der Waals surface area contributed by atoms with Crippen LogP contribution in [0.5, 0.6) is 0 Å². The van der Waals surface area contributed by atoms with Crippen molar-refractivity contribution < 1.29 is 4.79 Å². The number of carbonyl (C=O) groups is 1. The summed E-state index contributed by atoms with van der Waals surface area (Å²) in [6.07, 6.45) is 2.21. The molecule has 1 saturated carbocycles. The van der Waals surface area contributed by atoms with E-state index in [1.54, 1.807) is 0 Å². The van der Waals surface area contributed by atoms with Gasteiger partial charge in [-0.25, -0.2) is 0 Å². The highest BCUT2D eigenvalue weighted by atomic mass is 16.1. The molecule has 1 N–H and O–H groups in total.